The maximum atomic E-state index is 8.56. The summed E-state index contributed by atoms with van der Waals surface area (Å²) in [6.45, 7) is 0.386. The van der Waals surface area contributed by atoms with Crippen LogP contribution in [-0.4, -0.2) is 4.98 Å². The van der Waals surface area contributed by atoms with Crippen molar-refractivity contribution in [2.75, 3.05) is 0 Å². The molecule has 2 aromatic rings. The van der Waals surface area contributed by atoms with E-state index in [4.69, 9.17) is 15.4 Å². The van der Waals surface area contributed by atoms with Crippen LogP contribution in [0.25, 0.3) is 11.1 Å². The molecule has 13 heavy (non-hydrogen) atoms. The number of nitrogens with two attached hydrogens (primary N) is 1. The number of nitriles is 1. The first-order valence-electron chi connectivity index (χ1n) is 3.83. The molecule has 0 unspecified atom stereocenters. The molecule has 0 radical (unpaired) electrons. The number of para-hydroxylation sites is 1. The number of hydrogen-bond donors (Lipinski definition) is 1. The zero-order valence-corrected chi connectivity index (χ0v) is 6.82. The Balaban J connectivity index is 2.76. The van der Waals surface area contributed by atoms with Crippen LogP contribution in [0.15, 0.2) is 22.6 Å². The van der Waals surface area contributed by atoms with E-state index in [2.05, 4.69) is 4.98 Å². The van der Waals surface area contributed by atoms with E-state index >= 15 is 0 Å². The molecule has 0 aliphatic rings. The Labute approximate surface area is 74.6 Å². The predicted octanol–water partition coefficient (Wildman–Crippen LogP) is 1.16. The maximum Gasteiger partial charge on any atom is 0.301 e. The smallest absolute Gasteiger partial charge is 0.301 e. The van der Waals surface area contributed by atoms with Crippen LogP contribution in [0, 0.1) is 11.3 Å². The minimum absolute atomic E-state index is 0.0795. The van der Waals surface area contributed by atoms with Crippen LogP contribution in [0.1, 0.15) is 11.5 Å². The van der Waals surface area contributed by atoms with E-state index in [1.807, 2.05) is 18.2 Å². The number of hydrogen-bond acceptors (Lipinski definition) is 4. The highest BCUT2D eigenvalue weighted by Gasteiger charge is 2.07. The van der Waals surface area contributed by atoms with Gasteiger partial charge in [0.25, 0.3) is 0 Å². The summed E-state index contributed by atoms with van der Waals surface area (Å²) >= 11 is 0. The van der Waals surface area contributed by atoms with Crippen LogP contribution < -0.4 is 5.73 Å². The molecule has 64 valence electrons. The molecule has 0 saturated carbocycles. The third-order valence-corrected chi connectivity index (χ3v) is 1.81. The fourth-order valence-electron chi connectivity index (χ4n) is 1.21. The van der Waals surface area contributed by atoms with Crippen molar-refractivity contribution in [2.45, 2.75) is 6.54 Å². The van der Waals surface area contributed by atoms with Crippen LogP contribution in [0.2, 0.25) is 0 Å². The van der Waals surface area contributed by atoms with E-state index < -0.39 is 0 Å². The Morgan fingerprint density at radius 1 is 1.54 bits per heavy atom. The topological polar surface area (TPSA) is 75.8 Å². The van der Waals surface area contributed by atoms with Crippen molar-refractivity contribution in [1.82, 2.24) is 4.98 Å². The van der Waals surface area contributed by atoms with Gasteiger partial charge in [0.15, 0.2) is 11.7 Å². The molecular formula is C9H7N3O. The van der Waals surface area contributed by atoms with Crippen molar-refractivity contribution >= 4 is 11.1 Å². The summed E-state index contributed by atoms with van der Waals surface area (Å²) in [6.07, 6.45) is 0. The Morgan fingerprint density at radius 3 is 3.08 bits per heavy atom. The highest BCUT2D eigenvalue weighted by Crippen LogP contribution is 2.18. The first-order valence-corrected chi connectivity index (χ1v) is 3.83. The van der Waals surface area contributed by atoms with E-state index in [9.17, 15) is 0 Å². The molecule has 2 rings (SSSR count). The van der Waals surface area contributed by atoms with Crippen molar-refractivity contribution in [2.24, 2.45) is 5.73 Å². The average molecular weight is 173 g/mol. The molecule has 0 aliphatic heterocycles. The molecule has 1 heterocycles. The van der Waals surface area contributed by atoms with Crippen LogP contribution in [0.3, 0.4) is 0 Å². The lowest BCUT2D eigenvalue weighted by Crippen LogP contribution is -1.95. The van der Waals surface area contributed by atoms with E-state index in [1.165, 1.54) is 0 Å². The Bertz CT molecular complexity index is 481. The summed E-state index contributed by atoms with van der Waals surface area (Å²) in [5.74, 6) is 0.0795. The Kier molecular flexibility index (Phi) is 1.72. The summed E-state index contributed by atoms with van der Waals surface area (Å²) < 4.78 is 5.19. The highest BCUT2D eigenvalue weighted by molar-refractivity contribution is 5.76. The molecule has 1 aromatic heterocycles. The largest absolute Gasteiger partial charge is 0.428 e. The number of nitrogens with zero attached hydrogens (tertiary/aromatic N) is 2. The third-order valence-electron chi connectivity index (χ3n) is 1.81. The molecule has 1 aromatic carbocycles. The predicted molar refractivity (Wildman–Crippen MR) is 46.6 cm³/mol. The van der Waals surface area contributed by atoms with Gasteiger partial charge in [-0.1, -0.05) is 12.1 Å². The monoisotopic (exact) mass is 173 g/mol. The van der Waals surface area contributed by atoms with Crippen LogP contribution in [0.4, 0.5) is 0 Å². The molecule has 4 heteroatoms. The van der Waals surface area contributed by atoms with Crippen molar-refractivity contribution < 1.29 is 4.42 Å². The molecule has 0 spiro atoms. The van der Waals surface area contributed by atoms with Crippen LogP contribution >= 0.6 is 0 Å². The molecule has 4 nitrogen and oxygen atoms in total. The van der Waals surface area contributed by atoms with Gasteiger partial charge in [-0.05, 0) is 6.07 Å². The fourth-order valence-corrected chi connectivity index (χ4v) is 1.21. The zero-order chi connectivity index (χ0) is 9.26. The third kappa shape index (κ3) is 1.15. The molecule has 0 aliphatic carbocycles. The fraction of sp³-hybridized carbons (Fsp3) is 0.111. The van der Waals surface area contributed by atoms with Crippen LogP contribution in [0.5, 0.6) is 0 Å². The van der Waals surface area contributed by atoms with Gasteiger partial charge in [0.1, 0.15) is 5.52 Å². The molecule has 0 bridgehead atoms. The molecule has 0 atom stereocenters. The molecular weight excluding hydrogens is 166 g/mol. The lowest BCUT2D eigenvalue weighted by molar-refractivity contribution is 0.580. The van der Waals surface area contributed by atoms with E-state index in [-0.39, 0.29) is 5.89 Å². The number of aromatic nitrogens is 1. The molecule has 0 fully saturated rings. The standard InChI is InChI=1S/C9H7N3O/c10-4-6-2-1-3-7-9(6)13-8(5-11)12-7/h1-3H,4,10H2. The van der Waals surface area contributed by atoms with Gasteiger partial charge in [-0.15, -0.1) is 0 Å². The Morgan fingerprint density at radius 2 is 2.38 bits per heavy atom. The van der Waals surface area contributed by atoms with E-state index in [1.54, 1.807) is 6.07 Å². The van der Waals surface area contributed by atoms with E-state index in [0.29, 0.717) is 17.6 Å². The van der Waals surface area contributed by atoms with Gasteiger partial charge in [-0.25, -0.2) is 0 Å². The summed E-state index contributed by atoms with van der Waals surface area (Å²) in [7, 11) is 0. The van der Waals surface area contributed by atoms with Crippen molar-refractivity contribution in [3.05, 3.63) is 29.7 Å². The Hall–Kier alpha value is -1.86. The normalized spacial score (nSPS) is 10.2. The summed E-state index contributed by atoms with van der Waals surface area (Å²) in [6, 6.07) is 7.34. The quantitative estimate of drug-likeness (QED) is 0.702. The van der Waals surface area contributed by atoms with Crippen LogP contribution in [-0.2, 0) is 6.54 Å². The second-order valence-electron chi connectivity index (χ2n) is 2.60. The van der Waals surface area contributed by atoms with E-state index in [0.717, 1.165) is 5.56 Å². The maximum absolute atomic E-state index is 8.56. The SMILES string of the molecule is N#Cc1nc2cccc(CN)c2o1. The van der Waals surface area contributed by atoms with Gasteiger partial charge in [0, 0.05) is 12.1 Å². The number of rotatable bonds is 1. The van der Waals surface area contributed by atoms with Crippen molar-refractivity contribution in [1.29, 1.82) is 5.26 Å². The lowest BCUT2D eigenvalue weighted by atomic mass is 10.2. The van der Waals surface area contributed by atoms with Crippen molar-refractivity contribution in [3.8, 4) is 6.07 Å². The average Bonchev–Trinajstić information content (AvgIpc) is 2.59. The van der Waals surface area contributed by atoms with Gasteiger partial charge in [-0.2, -0.15) is 10.2 Å². The van der Waals surface area contributed by atoms with Gasteiger partial charge >= 0.3 is 5.89 Å². The minimum atomic E-state index is 0.0795. The second-order valence-corrected chi connectivity index (χ2v) is 2.60. The molecule has 0 amide bonds. The first-order chi connectivity index (χ1) is 6.35. The van der Waals surface area contributed by atoms with Gasteiger partial charge in [0.2, 0.25) is 0 Å². The number of fused-ring (bicyclic) bond motifs is 1. The molecule has 0 saturated heterocycles. The van der Waals surface area contributed by atoms with Gasteiger partial charge in [-0.3, -0.25) is 0 Å². The highest BCUT2D eigenvalue weighted by atomic mass is 16.3. The zero-order valence-electron chi connectivity index (χ0n) is 6.82. The summed E-state index contributed by atoms with van der Waals surface area (Å²) in [5, 5.41) is 8.56. The summed E-state index contributed by atoms with van der Waals surface area (Å²) in [4.78, 5) is 3.96. The summed E-state index contributed by atoms with van der Waals surface area (Å²) in [5.41, 5.74) is 7.66. The first kappa shape index (κ1) is 7.77. The number of benzene rings is 1. The van der Waals surface area contributed by atoms with Crippen molar-refractivity contribution in [3.63, 3.8) is 0 Å². The minimum Gasteiger partial charge on any atom is -0.428 e. The van der Waals surface area contributed by atoms with Gasteiger partial charge < -0.3 is 10.2 Å². The molecule has 2 N–H and O–H groups in total. The lowest BCUT2D eigenvalue weighted by Gasteiger charge is -1.94. The van der Waals surface area contributed by atoms with Gasteiger partial charge in [0.05, 0.1) is 0 Å². The number of oxazole rings is 1. The second kappa shape index (κ2) is 2.88.